The van der Waals surface area contributed by atoms with Gasteiger partial charge in [-0.2, -0.15) is 9.59 Å². The van der Waals surface area contributed by atoms with E-state index in [0.717, 1.165) is 0 Å². The molecule has 0 aliphatic heterocycles. The third-order valence-electron chi connectivity index (χ3n) is 0. The predicted octanol–water partition coefficient (Wildman–Crippen LogP) is -2.03. The zero-order valence-electron chi connectivity index (χ0n) is 4.94. The Labute approximate surface area is 111 Å². The van der Waals surface area contributed by atoms with Gasteiger partial charge in [0.05, 0.1) is 0 Å². The molecule has 0 unspecified atom stereocenters. The van der Waals surface area contributed by atoms with Gasteiger partial charge in [0.25, 0.3) is 0 Å². The van der Waals surface area contributed by atoms with Crippen LogP contribution in [0.15, 0.2) is 0 Å². The van der Waals surface area contributed by atoms with Gasteiger partial charge in [-0.15, -0.1) is 0 Å². The van der Waals surface area contributed by atoms with Gasteiger partial charge in [-0.1, -0.05) is 6.47 Å². The molecule has 10 heavy (non-hydrogen) atoms. The topological polar surface area (TPSA) is 119 Å². The van der Waals surface area contributed by atoms with Crippen molar-refractivity contribution in [2.45, 2.75) is 0 Å². The van der Waals surface area contributed by atoms with Crippen LogP contribution >= 0.6 is 0 Å². The quantitative estimate of drug-likeness (QED) is 0.357. The van der Waals surface area contributed by atoms with Crippen molar-refractivity contribution in [2.24, 2.45) is 0 Å². The molecule has 0 aromatic carbocycles. The average Bonchev–Trinajstić information content (AvgIpc) is 1.75. The van der Waals surface area contributed by atoms with Crippen LogP contribution in [0, 0.1) is 0 Å². The molecule has 0 radical (unpaired) electrons. The van der Waals surface area contributed by atoms with Crippen LogP contribution < -0.4 is 0 Å². The first-order chi connectivity index (χ1) is 3.83. The Balaban J connectivity index is -0.0000000116. The van der Waals surface area contributed by atoms with E-state index in [0.29, 0.717) is 6.47 Å². The Morgan fingerprint density at radius 3 is 1.30 bits per heavy atom. The molecule has 0 bridgehead atoms. The summed E-state index contributed by atoms with van der Waals surface area (Å²) in [5.41, 5.74) is 0. The average molecular weight is 202 g/mol. The second kappa shape index (κ2) is 86.2. The Morgan fingerprint density at radius 2 is 1.30 bits per heavy atom. The minimum atomic E-state index is 0. The normalized spacial score (nSPS) is 2.60. The fourth-order valence-electron chi connectivity index (χ4n) is 0. The SMILES string of the molecule is O=C=O.O=[C-]O.[Ca+2].[OH-].[O]=[Ca]. The van der Waals surface area contributed by atoms with Crippen molar-refractivity contribution in [3.05, 3.63) is 0 Å². The van der Waals surface area contributed by atoms with E-state index < -0.39 is 0 Å². The fraction of sp³-hybridized carbons (Fsp3) is 0. The Bertz CT molecular complexity index is 68.1. The Morgan fingerprint density at radius 1 is 1.30 bits per heavy atom. The van der Waals surface area contributed by atoms with Crippen molar-refractivity contribution in [1.29, 1.82) is 0 Å². The maximum atomic E-state index is 8.38. The van der Waals surface area contributed by atoms with E-state index in [1.165, 1.54) is 0 Å². The molecule has 0 aliphatic rings. The van der Waals surface area contributed by atoms with Gasteiger partial charge in [0, 0.05) is 0 Å². The molecule has 0 atom stereocenters. The van der Waals surface area contributed by atoms with Crippen LogP contribution in [0.2, 0.25) is 0 Å². The van der Waals surface area contributed by atoms with Gasteiger partial charge in [0.1, 0.15) is 0 Å². The molecule has 0 saturated carbocycles. The van der Waals surface area contributed by atoms with E-state index in [1.807, 2.05) is 0 Å². The number of carbonyl (C=O) groups excluding carboxylic acids is 2. The predicted molar refractivity (Wildman–Crippen MR) is 27.5 cm³/mol. The maximum absolute atomic E-state index is 8.38. The fourth-order valence-corrected chi connectivity index (χ4v) is 0. The third-order valence-corrected chi connectivity index (χ3v) is 0. The molecule has 0 spiro atoms. The number of rotatable bonds is 0. The second-order valence-corrected chi connectivity index (χ2v) is 0.175. The van der Waals surface area contributed by atoms with Crippen LogP contribution in [0.25, 0.3) is 0 Å². The number of aliphatic hydroxyl groups excluding tert-OH is 1. The molecule has 0 rings (SSSR count). The number of hydrogen-bond acceptors (Lipinski definition) is 5. The van der Waals surface area contributed by atoms with Crippen molar-refractivity contribution in [2.75, 3.05) is 0 Å². The zero-order valence-corrected chi connectivity index (χ0v) is 9.36. The van der Waals surface area contributed by atoms with Gasteiger partial charge in [-0.25, -0.2) is 0 Å². The Hall–Kier alpha value is 1.13. The number of hydrogen-bond donors (Lipinski definition) is 1. The van der Waals surface area contributed by atoms with E-state index in [-0.39, 0.29) is 85.2 Å². The third kappa shape index (κ3) is 473. The summed E-state index contributed by atoms with van der Waals surface area (Å²) in [6.45, 7) is 0.500. The zero-order chi connectivity index (χ0) is 7.41. The van der Waals surface area contributed by atoms with E-state index >= 15 is 0 Å². The molecule has 0 aliphatic carbocycles. The summed E-state index contributed by atoms with van der Waals surface area (Å²) in [5.74, 6) is 0. The first-order valence-corrected chi connectivity index (χ1v) is 2.03. The van der Waals surface area contributed by atoms with E-state index in [1.54, 1.807) is 0 Å². The standard InChI is InChI=1S/CHO2.CO2.2Ca.H2O.O/c2*2-1-3;;;;/h(H,2,3);;;;1H2;/q-1;;;+2;;/p-1. The second-order valence-electron chi connectivity index (χ2n) is 0.175. The molecule has 8 heteroatoms. The first kappa shape index (κ1) is 30.4. The van der Waals surface area contributed by atoms with Crippen molar-refractivity contribution >= 4 is 86.2 Å². The monoisotopic (exact) mass is 202 g/mol. The van der Waals surface area contributed by atoms with Crippen LogP contribution in [0.1, 0.15) is 0 Å². The molecule has 0 aromatic heterocycles. The summed E-state index contributed by atoms with van der Waals surface area (Å²) in [7, 11) is 0. The van der Waals surface area contributed by atoms with Crippen LogP contribution in [0.3, 0.4) is 0 Å². The summed E-state index contributed by atoms with van der Waals surface area (Å²) >= 11 is 0.125. The Kier molecular flexibility index (Phi) is 262. The molecule has 0 heterocycles. The van der Waals surface area contributed by atoms with Gasteiger partial charge < -0.3 is 15.4 Å². The van der Waals surface area contributed by atoms with Crippen molar-refractivity contribution in [3.8, 4) is 0 Å². The van der Waals surface area contributed by atoms with E-state index in [4.69, 9.17) is 20.9 Å². The molecule has 0 saturated heterocycles. The van der Waals surface area contributed by atoms with Crippen molar-refractivity contribution in [1.82, 2.24) is 0 Å². The van der Waals surface area contributed by atoms with Gasteiger partial charge >= 0.3 is 81.2 Å². The molecule has 0 fully saturated rings. The summed E-state index contributed by atoms with van der Waals surface area (Å²) < 4.78 is 8.38. The van der Waals surface area contributed by atoms with Gasteiger partial charge in [-0.3, -0.25) is 0 Å². The van der Waals surface area contributed by atoms with Crippen LogP contribution in [0.4, 0.5) is 0 Å². The summed E-state index contributed by atoms with van der Waals surface area (Å²) in [6.07, 6.45) is 0.250. The van der Waals surface area contributed by atoms with Crippen molar-refractivity contribution < 1.29 is 26.4 Å². The minimum absolute atomic E-state index is 0. The van der Waals surface area contributed by atoms with Gasteiger partial charge in [-0.05, 0) is 0 Å². The summed E-state index contributed by atoms with van der Waals surface area (Å²) in [6, 6.07) is 0. The van der Waals surface area contributed by atoms with E-state index in [2.05, 4.69) is 0 Å². The van der Waals surface area contributed by atoms with Crippen LogP contribution in [-0.4, -0.2) is 96.8 Å². The first-order valence-electron chi connectivity index (χ1n) is 1.12. The molecule has 6 nitrogen and oxygen atoms in total. The van der Waals surface area contributed by atoms with Gasteiger partial charge in [0.15, 0.2) is 0 Å². The molecule has 50 valence electrons. The molecule has 2 N–H and O–H groups in total. The summed E-state index contributed by atoms with van der Waals surface area (Å²) in [4.78, 5) is 24.5. The molecular weight excluding hydrogens is 200 g/mol. The van der Waals surface area contributed by atoms with Crippen LogP contribution in [-0.2, 0) is 15.8 Å². The van der Waals surface area contributed by atoms with E-state index in [9.17, 15) is 0 Å². The molecule has 0 amide bonds. The molecule has 0 aromatic rings. The van der Waals surface area contributed by atoms with Crippen molar-refractivity contribution in [3.63, 3.8) is 0 Å². The van der Waals surface area contributed by atoms with Crippen LogP contribution in [0.5, 0.6) is 0 Å². The molecular formula is C2H2Ca2O6. The summed E-state index contributed by atoms with van der Waals surface area (Å²) in [5, 5.41) is 6.76. The van der Waals surface area contributed by atoms with Gasteiger partial charge in [0.2, 0.25) is 0 Å².